The van der Waals surface area contributed by atoms with Crippen LogP contribution in [0.4, 0.5) is 13.6 Å². The van der Waals surface area contributed by atoms with Crippen molar-refractivity contribution in [3.63, 3.8) is 0 Å². The van der Waals surface area contributed by atoms with E-state index < -0.39 is 29.7 Å². The topological polar surface area (TPSA) is 120 Å². The van der Waals surface area contributed by atoms with Crippen LogP contribution in [0.15, 0.2) is 60.8 Å². The third-order valence-corrected chi connectivity index (χ3v) is 6.85. The average molecular weight is 576 g/mol. The molecule has 0 aliphatic rings. The van der Waals surface area contributed by atoms with Gasteiger partial charge in [-0.15, -0.1) is 0 Å². The molecule has 2 heterocycles. The molecule has 42 heavy (non-hydrogen) atoms. The molecule has 0 aliphatic heterocycles. The molecule has 9 nitrogen and oxygen atoms in total. The number of hydrogen-bond donors (Lipinski definition) is 2. The minimum absolute atomic E-state index is 0.0117. The van der Waals surface area contributed by atoms with Crippen LogP contribution in [0.25, 0.3) is 5.65 Å². The van der Waals surface area contributed by atoms with Gasteiger partial charge in [-0.1, -0.05) is 36.4 Å². The number of amides is 2. The van der Waals surface area contributed by atoms with Gasteiger partial charge in [0.25, 0.3) is 5.91 Å². The second-order valence-electron chi connectivity index (χ2n) is 9.92. The fourth-order valence-electron chi connectivity index (χ4n) is 4.77. The number of nitrogens with zero attached hydrogens (tertiary/aromatic N) is 4. The summed E-state index contributed by atoms with van der Waals surface area (Å²) in [6, 6.07) is 15.9. The van der Waals surface area contributed by atoms with Crippen LogP contribution in [-0.4, -0.2) is 44.0 Å². The van der Waals surface area contributed by atoms with Gasteiger partial charge in [0.15, 0.2) is 11.4 Å². The van der Waals surface area contributed by atoms with Gasteiger partial charge in [-0.25, -0.2) is 18.6 Å². The summed E-state index contributed by atoms with van der Waals surface area (Å²) in [5.74, 6) is -1.70. The van der Waals surface area contributed by atoms with Gasteiger partial charge in [0.2, 0.25) is 0 Å². The molecule has 1 unspecified atom stereocenters. The predicted molar refractivity (Wildman–Crippen MR) is 151 cm³/mol. The number of imidazole rings is 1. The molecule has 2 aromatic heterocycles. The monoisotopic (exact) mass is 575 g/mol. The molecule has 4 aromatic rings. The summed E-state index contributed by atoms with van der Waals surface area (Å²) >= 11 is 0. The van der Waals surface area contributed by atoms with E-state index in [-0.39, 0.29) is 43.1 Å². The summed E-state index contributed by atoms with van der Waals surface area (Å²) in [4.78, 5) is 31.5. The number of pyridine rings is 1. The van der Waals surface area contributed by atoms with Crippen molar-refractivity contribution in [2.75, 3.05) is 6.54 Å². The third-order valence-electron chi connectivity index (χ3n) is 6.85. The number of carboxylic acid groups (broad SMARTS) is 1. The lowest BCUT2D eigenvalue weighted by molar-refractivity contribution is 0.0900. The molecule has 0 saturated heterocycles. The smallest absolute Gasteiger partial charge is 0.407 e. The number of ether oxygens (including phenoxy) is 1. The molecule has 2 N–H and O–H groups in total. The van der Waals surface area contributed by atoms with Gasteiger partial charge in [-0.05, 0) is 56.0 Å². The van der Waals surface area contributed by atoms with Gasteiger partial charge < -0.3 is 15.2 Å². The summed E-state index contributed by atoms with van der Waals surface area (Å²) in [5.41, 5.74) is 2.19. The van der Waals surface area contributed by atoms with Crippen LogP contribution < -0.4 is 10.1 Å². The largest absolute Gasteiger partial charge is 0.485 e. The summed E-state index contributed by atoms with van der Waals surface area (Å²) in [5, 5.41) is 21.9. The summed E-state index contributed by atoms with van der Waals surface area (Å²) < 4.78 is 35.6. The number of nitrogens with one attached hydrogen (secondary N) is 1. The van der Waals surface area contributed by atoms with Crippen LogP contribution in [0.2, 0.25) is 0 Å². The first-order valence-electron chi connectivity index (χ1n) is 13.4. The van der Waals surface area contributed by atoms with Crippen LogP contribution in [0.3, 0.4) is 0 Å². The number of nitriles is 1. The molecule has 0 spiro atoms. The van der Waals surface area contributed by atoms with Gasteiger partial charge in [-0.2, -0.15) is 5.26 Å². The minimum atomic E-state index is -1.13. The molecule has 0 bridgehead atoms. The molecule has 11 heteroatoms. The molecule has 1 atom stereocenters. The lowest BCUT2D eigenvalue weighted by atomic mass is 10.1. The van der Waals surface area contributed by atoms with Gasteiger partial charge >= 0.3 is 6.09 Å². The molecule has 0 radical (unpaired) electrons. The van der Waals surface area contributed by atoms with Crippen molar-refractivity contribution >= 4 is 17.6 Å². The molecule has 2 aromatic carbocycles. The maximum atomic E-state index is 14.1. The van der Waals surface area contributed by atoms with Crippen LogP contribution in [0, 0.1) is 36.8 Å². The van der Waals surface area contributed by atoms with E-state index in [9.17, 15) is 23.5 Å². The van der Waals surface area contributed by atoms with Crippen molar-refractivity contribution in [2.45, 2.75) is 52.3 Å². The maximum Gasteiger partial charge on any atom is 0.407 e. The predicted octanol–water partition coefficient (Wildman–Crippen LogP) is 5.78. The molecule has 2 amide bonds. The number of rotatable bonds is 12. The maximum absolute atomic E-state index is 14.1. The highest BCUT2D eigenvalue weighted by molar-refractivity contribution is 5.95. The Labute approximate surface area is 242 Å². The number of fused-ring (bicyclic) bond motifs is 1. The first-order valence-corrected chi connectivity index (χ1v) is 13.4. The van der Waals surface area contributed by atoms with E-state index in [0.717, 1.165) is 17.7 Å². The zero-order valence-electron chi connectivity index (χ0n) is 23.3. The zero-order chi connectivity index (χ0) is 30.2. The molecule has 0 aliphatic carbocycles. The number of aromatic nitrogens is 2. The minimum Gasteiger partial charge on any atom is -0.485 e. The molecule has 4 rings (SSSR count). The number of carbonyl (C=O) groups is 2. The number of unbranched alkanes of at least 4 members (excludes halogenated alkanes) is 1. The van der Waals surface area contributed by atoms with E-state index in [0.29, 0.717) is 29.7 Å². The SMILES string of the molecule is Cc1cc(OCc2c(F)cccc2F)c2nc(C)c(C(=O)NCC(CCCC#N)N(Cc3ccccc3)C(=O)O)n2c1. The second kappa shape index (κ2) is 13.6. The standard InChI is InChI=1S/C31H31F2N5O4/c1-20-15-27(42-19-24-25(32)12-8-13-26(24)33)29-36-21(2)28(38(29)17-20)30(39)35-16-23(11-6-7-14-34)37(31(40)41)18-22-9-4-3-5-10-22/h3-5,8-10,12-13,15,17,23H,6-7,11,16,18-19H2,1-2H3,(H,35,39)(H,40,41). The van der Waals surface area contributed by atoms with Crippen molar-refractivity contribution < 1.29 is 28.2 Å². The van der Waals surface area contributed by atoms with E-state index >= 15 is 0 Å². The van der Waals surface area contributed by atoms with Gasteiger partial charge in [0, 0.05) is 25.7 Å². The molecular formula is C31H31F2N5O4. The van der Waals surface area contributed by atoms with Crippen molar-refractivity contribution in [3.05, 3.63) is 101 Å². The van der Waals surface area contributed by atoms with Gasteiger partial charge in [0.05, 0.1) is 23.4 Å². The van der Waals surface area contributed by atoms with Gasteiger partial charge in [0.1, 0.15) is 23.9 Å². The van der Waals surface area contributed by atoms with Crippen LogP contribution in [0.1, 0.15) is 52.1 Å². The first kappa shape index (κ1) is 30.0. The number of halogens is 2. The fourth-order valence-corrected chi connectivity index (χ4v) is 4.77. The van der Waals surface area contributed by atoms with E-state index in [1.807, 2.05) is 30.3 Å². The lowest BCUT2D eigenvalue weighted by Gasteiger charge is -2.30. The van der Waals surface area contributed by atoms with E-state index in [1.54, 1.807) is 30.5 Å². The molecule has 0 fully saturated rings. The Hall–Kier alpha value is -4.98. The lowest BCUT2D eigenvalue weighted by Crippen LogP contribution is -2.46. The van der Waals surface area contributed by atoms with Crippen molar-refractivity contribution in [3.8, 4) is 11.8 Å². The number of hydrogen-bond acceptors (Lipinski definition) is 5. The van der Waals surface area contributed by atoms with Crippen molar-refractivity contribution in [1.82, 2.24) is 19.6 Å². The number of benzene rings is 2. The summed E-state index contributed by atoms with van der Waals surface area (Å²) in [6.07, 6.45) is 1.67. The Morgan fingerprint density at radius 1 is 1.14 bits per heavy atom. The van der Waals surface area contributed by atoms with E-state index in [1.165, 1.54) is 11.0 Å². The van der Waals surface area contributed by atoms with E-state index in [2.05, 4.69) is 16.4 Å². The molecular weight excluding hydrogens is 544 g/mol. The van der Waals surface area contributed by atoms with Crippen molar-refractivity contribution in [1.29, 1.82) is 5.26 Å². The Balaban J connectivity index is 1.57. The summed E-state index contributed by atoms with van der Waals surface area (Å²) in [6.45, 7) is 3.20. The Bertz CT molecular complexity index is 1600. The molecule has 218 valence electrons. The Kier molecular flexibility index (Phi) is 9.70. The van der Waals surface area contributed by atoms with Crippen LogP contribution in [-0.2, 0) is 13.2 Å². The first-order chi connectivity index (χ1) is 20.2. The van der Waals surface area contributed by atoms with E-state index in [4.69, 9.17) is 10.00 Å². The summed E-state index contributed by atoms with van der Waals surface area (Å²) in [7, 11) is 0. The quantitative estimate of drug-likeness (QED) is 0.207. The Morgan fingerprint density at radius 2 is 1.86 bits per heavy atom. The molecule has 0 saturated carbocycles. The number of aryl methyl sites for hydroxylation is 2. The number of carbonyl (C=O) groups excluding carboxylic acids is 1. The fraction of sp³-hybridized carbons (Fsp3) is 0.290. The zero-order valence-corrected chi connectivity index (χ0v) is 23.3. The highest BCUT2D eigenvalue weighted by Gasteiger charge is 2.26. The van der Waals surface area contributed by atoms with Gasteiger partial charge in [-0.3, -0.25) is 14.1 Å². The third kappa shape index (κ3) is 7.01. The highest BCUT2D eigenvalue weighted by Crippen LogP contribution is 2.26. The van der Waals surface area contributed by atoms with Crippen LogP contribution >= 0.6 is 0 Å². The normalized spacial score (nSPS) is 11.6. The average Bonchev–Trinajstić information content (AvgIpc) is 3.29. The van der Waals surface area contributed by atoms with Crippen LogP contribution in [0.5, 0.6) is 5.75 Å². The highest BCUT2D eigenvalue weighted by atomic mass is 19.1. The second-order valence-corrected chi connectivity index (χ2v) is 9.92. The Morgan fingerprint density at radius 3 is 2.52 bits per heavy atom. The van der Waals surface area contributed by atoms with Crippen molar-refractivity contribution in [2.24, 2.45) is 0 Å².